The van der Waals surface area contributed by atoms with Crippen LogP contribution in [0.5, 0.6) is 0 Å². The van der Waals surface area contributed by atoms with Gasteiger partial charge in [-0.05, 0) is 26.3 Å². The Balaban J connectivity index is 2.18. The van der Waals surface area contributed by atoms with E-state index in [9.17, 15) is 4.79 Å². The van der Waals surface area contributed by atoms with Gasteiger partial charge in [0.15, 0.2) is 0 Å². The Morgan fingerprint density at radius 3 is 2.90 bits per heavy atom. The standard InChI is InChI=1S/C15H20N2O2S/c1-4-19-10(3)8-17-15(18)14-12(16)11-7-5-6-9(2)13(11)20-14/h5-7,10H,4,8,16H2,1-3H3,(H,17,18). The Hall–Kier alpha value is -1.59. The minimum Gasteiger partial charge on any atom is -0.397 e. The number of thiophene rings is 1. The fraction of sp³-hybridized carbons (Fsp3) is 0.400. The van der Waals surface area contributed by atoms with Crippen molar-refractivity contribution >= 4 is 33.0 Å². The fourth-order valence-electron chi connectivity index (χ4n) is 2.11. The summed E-state index contributed by atoms with van der Waals surface area (Å²) >= 11 is 1.45. The Morgan fingerprint density at radius 1 is 1.50 bits per heavy atom. The molecular formula is C15H20N2O2S. The lowest BCUT2D eigenvalue weighted by atomic mass is 10.1. The molecule has 2 aromatic rings. The lowest BCUT2D eigenvalue weighted by molar-refractivity contribution is 0.0697. The first kappa shape index (κ1) is 14.8. The van der Waals surface area contributed by atoms with Gasteiger partial charge in [-0.15, -0.1) is 11.3 Å². The van der Waals surface area contributed by atoms with Gasteiger partial charge in [0.05, 0.1) is 11.8 Å². The molecule has 108 valence electrons. The average molecular weight is 292 g/mol. The second-order valence-electron chi connectivity index (χ2n) is 4.77. The van der Waals surface area contributed by atoms with Crippen molar-refractivity contribution in [3.05, 3.63) is 28.6 Å². The van der Waals surface area contributed by atoms with E-state index in [1.165, 1.54) is 11.3 Å². The van der Waals surface area contributed by atoms with Crippen LogP contribution in [0.15, 0.2) is 18.2 Å². The lowest BCUT2D eigenvalue weighted by Gasteiger charge is -2.12. The number of hydrogen-bond acceptors (Lipinski definition) is 4. The van der Waals surface area contributed by atoms with Crippen LogP contribution in [0.4, 0.5) is 5.69 Å². The third-order valence-corrected chi connectivity index (χ3v) is 4.51. The van der Waals surface area contributed by atoms with E-state index in [2.05, 4.69) is 5.32 Å². The van der Waals surface area contributed by atoms with E-state index in [1.54, 1.807) is 0 Å². The van der Waals surface area contributed by atoms with Crippen LogP contribution < -0.4 is 11.1 Å². The summed E-state index contributed by atoms with van der Waals surface area (Å²) < 4.78 is 6.47. The van der Waals surface area contributed by atoms with Crippen molar-refractivity contribution in [1.82, 2.24) is 5.32 Å². The molecule has 0 aliphatic heterocycles. The molecule has 1 heterocycles. The second-order valence-corrected chi connectivity index (χ2v) is 5.79. The van der Waals surface area contributed by atoms with E-state index in [-0.39, 0.29) is 12.0 Å². The summed E-state index contributed by atoms with van der Waals surface area (Å²) in [5.74, 6) is -0.130. The fourth-order valence-corrected chi connectivity index (χ4v) is 3.21. The van der Waals surface area contributed by atoms with Crippen molar-refractivity contribution in [2.45, 2.75) is 26.9 Å². The van der Waals surface area contributed by atoms with Gasteiger partial charge < -0.3 is 15.8 Å². The number of anilines is 1. The first-order valence-electron chi connectivity index (χ1n) is 6.72. The minimum absolute atomic E-state index is 0.00119. The first-order valence-corrected chi connectivity index (χ1v) is 7.53. The van der Waals surface area contributed by atoms with Crippen LogP contribution in [0, 0.1) is 6.92 Å². The van der Waals surface area contributed by atoms with Gasteiger partial charge in [-0.2, -0.15) is 0 Å². The molecule has 0 aliphatic carbocycles. The van der Waals surface area contributed by atoms with E-state index in [1.807, 2.05) is 39.0 Å². The molecule has 0 radical (unpaired) electrons. The Morgan fingerprint density at radius 2 is 2.25 bits per heavy atom. The molecule has 4 nitrogen and oxygen atoms in total. The number of nitrogen functional groups attached to an aromatic ring is 1. The Bertz CT molecular complexity index is 622. The van der Waals surface area contributed by atoms with Crippen molar-refractivity contribution in [3.63, 3.8) is 0 Å². The molecule has 0 saturated carbocycles. The molecule has 1 aromatic carbocycles. The zero-order valence-electron chi connectivity index (χ0n) is 12.0. The largest absolute Gasteiger partial charge is 0.397 e. The van der Waals surface area contributed by atoms with Gasteiger partial charge in [0, 0.05) is 23.2 Å². The van der Waals surface area contributed by atoms with Crippen LogP contribution in [-0.2, 0) is 4.74 Å². The SMILES string of the molecule is CCOC(C)CNC(=O)c1sc2c(C)cccc2c1N. The third-order valence-electron chi connectivity index (χ3n) is 3.16. The molecule has 1 unspecified atom stereocenters. The molecule has 1 atom stereocenters. The second kappa shape index (κ2) is 6.24. The summed E-state index contributed by atoms with van der Waals surface area (Å²) in [6, 6.07) is 5.93. The average Bonchev–Trinajstić information content (AvgIpc) is 2.76. The zero-order chi connectivity index (χ0) is 14.7. The topological polar surface area (TPSA) is 64.3 Å². The van der Waals surface area contributed by atoms with Gasteiger partial charge in [0.1, 0.15) is 4.88 Å². The number of fused-ring (bicyclic) bond motifs is 1. The van der Waals surface area contributed by atoms with Crippen LogP contribution in [0.3, 0.4) is 0 Å². The van der Waals surface area contributed by atoms with Gasteiger partial charge >= 0.3 is 0 Å². The molecular weight excluding hydrogens is 272 g/mol. The van der Waals surface area contributed by atoms with Crippen molar-refractivity contribution in [1.29, 1.82) is 0 Å². The van der Waals surface area contributed by atoms with E-state index in [4.69, 9.17) is 10.5 Å². The maximum atomic E-state index is 12.2. The highest BCUT2D eigenvalue weighted by Crippen LogP contribution is 2.35. The molecule has 0 aliphatic rings. The highest BCUT2D eigenvalue weighted by Gasteiger charge is 2.17. The van der Waals surface area contributed by atoms with Gasteiger partial charge in [0.25, 0.3) is 5.91 Å². The third kappa shape index (κ3) is 2.94. The molecule has 0 spiro atoms. The molecule has 5 heteroatoms. The summed E-state index contributed by atoms with van der Waals surface area (Å²) in [6.45, 7) is 7.02. The van der Waals surface area contributed by atoms with E-state index < -0.39 is 0 Å². The van der Waals surface area contributed by atoms with E-state index >= 15 is 0 Å². The van der Waals surface area contributed by atoms with Crippen LogP contribution >= 0.6 is 11.3 Å². The van der Waals surface area contributed by atoms with Gasteiger partial charge in [-0.1, -0.05) is 18.2 Å². The number of hydrogen-bond donors (Lipinski definition) is 2. The molecule has 3 N–H and O–H groups in total. The van der Waals surface area contributed by atoms with Crippen LogP contribution in [-0.4, -0.2) is 25.2 Å². The number of nitrogens with two attached hydrogens (primary N) is 1. The summed E-state index contributed by atoms with van der Waals surface area (Å²) in [6.07, 6.45) is 0.00119. The smallest absolute Gasteiger partial charge is 0.263 e. The highest BCUT2D eigenvalue weighted by atomic mass is 32.1. The number of carbonyl (C=O) groups is 1. The highest BCUT2D eigenvalue weighted by molar-refractivity contribution is 7.21. The number of rotatable bonds is 5. The number of ether oxygens (including phenoxy) is 1. The van der Waals surface area contributed by atoms with Gasteiger partial charge in [-0.3, -0.25) is 4.79 Å². The van der Waals surface area contributed by atoms with Crippen LogP contribution in [0.2, 0.25) is 0 Å². The van der Waals surface area contributed by atoms with E-state index in [0.29, 0.717) is 23.7 Å². The number of carbonyl (C=O) groups excluding carboxylic acids is 1. The lowest BCUT2D eigenvalue weighted by Crippen LogP contribution is -2.32. The predicted molar refractivity (Wildman–Crippen MR) is 84.4 cm³/mol. The van der Waals surface area contributed by atoms with Crippen LogP contribution in [0.25, 0.3) is 10.1 Å². The first-order chi connectivity index (χ1) is 9.54. The molecule has 1 amide bonds. The number of nitrogens with one attached hydrogen (secondary N) is 1. The normalized spacial score (nSPS) is 12.6. The van der Waals surface area contributed by atoms with Crippen LogP contribution in [0.1, 0.15) is 29.1 Å². The molecule has 20 heavy (non-hydrogen) atoms. The summed E-state index contributed by atoms with van der Waals surface area (Å²) in [5, 5.41) is 3.83. The molecule has 0 fully saturated rings. The summed E-state index contributed by atoms with van der Waals surface area (Å²) in [5.41, 5.74) is 7.80. The quantitative estimate of drug-likeness (QED) is 0.890. The number of aryl methyl sites for hydroxylation is 1. The van der Waals surface area contributed by atoms with Gasteiger partial charge in [0.2, 0.25) is 0 Å². The molecule has 0 bridgehead atoms. The van der Waals surface area contributed by atoms with Crippen molar-refractivity contribution in [3.8, 4) is 0 Å². The molecule has 0 saturated heterocycles. The molecule has 1 aromatic heterocycles. The molecule has 2 rings (SSSR count). The minimum atomic E-state index is -0.130. The number of benzene rings is 1. The van der Waals surface area contributed by atoms with E-state index in [0.717, 1.165) is 15.6 Å². The van der Waals surface area contributed by atoms with Crippen molar-refractivity contribution in [2.24, 2.45) is 0 Å². The Labute approximate surface area is 122 Å². The maximum absolute atomic E-state index is 12.2. The Kier molecular flexibility index (Phi) is 4.62. The maximum Gasteiger partial charge on any atom is 0.263 e. The summed E-state index contributed by atoms with van der Waals surface area (Å²) in [7, 11) is 0. The monoisotopic (exact) mass is 292 g/mol. The van der Waals surface area contributed by atoms with Gasteiger partial charge in [-0.25, -0.2) is 0 Å². The predicted octanol–water partition coefficient (Wildman–Crippen LogP) is 2.95. The summed E-state index contributed by atoms with van der Waals surface area (Å²) in [4.78, 5) is 12.8. The van der Waals surface area contributed by atoms with Crippen molar-refractivity contribution in [2.75, 3.05) is 18.9 Å². The number of amides is 1. The zero-order valence-corrected chi connectivity index (χ0v) is 12.8. The van der Waals surface area contributed by atoms with Crippen molar-refractivity contribution < 1.29 is 9.53 Å².